The van der Waals surface area contributed by atoms with Crippen LogP contribution in [0.25, 0.3) is 21.5 Å². The molecule has 0 unspecified atom stereocenters. The number of carbonyl (C=O) groups is 1. The normalized spacial score (nSPS) is 10.9. The Bertz CT molecular complexity index is 1100. The summed E-state index contributed by atoms with van der Waals surface area (Å²) in [6.07, 6.45) is 1.84. The smallest absolute Gasteiger partial charge is 0.267 e. The van der Waals surface area contributed by atoms with Crippen molar-refractivity contribution >= 4 is 33.8 Å². The largest absolute Gasteiger partial charge is 0.361 e. The van der Waals surface area contributed by atoms with Gasteiger partial charge in [-0.05, 0) is 41.1 Å². The third-order valence-corrected chi connectivity index (χ3v) is 4.66. The van der Waals surface area contributed by atoms with Gasteiger partial charge in [-0.15, -0.1) is 11.3 Å². The molecule has 124 valence electrons. The first-order valence-corrected chi connectivity index (χ1v) is 8.56. The van der Waals surface area contributed by atoms with E-state index in [1.807, 2.05) is 48.0 Å². The Morgan fingerprint density at radius 3 is 2.96 bits per heavy atom. The summed E-state index contributed by atoms with van der Waals surface area (Å²) in [5.74, 6) is -0.302. The van der Waals surface area contributed by atoms with Gasteiger partial charge in [0.25, 0.3) is 5.56 Å². The molecule has 4 aromatic rings. The zero-order chi connectivity index (χ0) is 17.2. The second-order valence-corrected chi connectivity index (χ2v) is 6.47. The van der Waals surface area contributed by atoms with Crippen molar-refractivity contribution in [3.63, 3.8) is 0 Å². The van der Waals surface area contributed by atoms with Crippen molar-refractivity contribution in [1.82, 2.24) is 14.8 Å². The van der Waals surface area contributed by atoms with Crippen molar-refractivity contribution in [2.75, 3.05) is 5.32 Å². The van der Waals surface area contributed by atoms with Gasteiger partial charge in [-0.25, -0.2) is 4.68 Å². The molecule has 0 fully saturated rings. The van der Waals surface area contributed by atoms with Crippen molar-refractivity contribution in [2.45, 2.75) is 6.54 Å². The molecule has 0 bridgehead atoms. The first-order valence-electron chi connectivity index (χ1n) is 7.68. The van der Waals surface area contributed by atoms with Crippen molar-refractivity contribution in [3.8, 4) is 10.6 Å². The number of fused-ring (bicyclic) bond motifs is 1. The molecule has 1 aromatic carbocycles. The Kier molecular flexibility index (Phi) is 3.91. The molecule has 0 saturated carbocycles. The number of amides is 1. The predicted molar refractivity (Wildman–Crippen MR) is 98.7 cm³/mol. The van der Waals surface area contributed by atoms with E-state index in [1.54, 1.807) is 6.07 Å². The Balaban J connectivity index is 1.54. The number of H-pyrrole nitrogens is 1. The highest BCUT2D eigenvalue weighted by molar-refractivity contribution is 7.13. The van der Waals surface area contributed by atoms with Crippen LogP contribution in [0.3, 0.4) is 0 Å². The molecule has 4 rings (SSSR count). The van der Waals surface area contributed by atoms with Crippen molar-refractivity contribution in [1.29, 1.82) is 0 Å². The highest BCUT2D eigenvalue weighted by atomic mass is 32.1. The minimum absolute atomic E-state index is 0.138. The quantitative estimate of drug-likeness (QED) is 0.593. The second kappa shape index (κ2) is 6.37. The number of carbonyl (C=O) groups excluding carboxylic acids is 1. The van der Waals surface area contributed by atoms with E-state index in [0.29, 0.717) is 11.4 Å². The van der Waals surface area contributed by atoms with E-state index in [2.05, 4.69) is 15.4 Å². The molecular weight excluding hydrogens is 336 g/mol. The Morgan fingerprint density at radius 1 is 1.20 bits per heavy atom. The maximum Gasteiger partial charge on any atom is 0.267 e. The number of rotatable bonds is 4. The average Bonchev–Trinajstić information content (AvgIpc) is 3.27. The molecule has 25 heavy (non-hydrogen) atoms. The number of hydrogen-bond acceptors (Lipinski definition) is 4. The standard InChI is InChI=1S/C18H14N4O2S/c23-17(20-13-4-3-12-7-8-19-15(12)10-13)11-22-18(24)6-5-14(21-22)16-2-1-9-25-16/h1-10,19H,11H2,(H,20,23). The summed E-state index contributed by atoms with van der Waals surface area (Å²) in [5, 5.41) is 10.1. The molecule has 0 spiro atoms. The van der Waals surface area contributed by atoms with E-state index in [9.17, 15) is 9.59 Å². The number of benzene rings is 1. The molecule has 0 aliphatic carbocycles. The fourth-order valence-corrected chi connectivity index (χ4v) is 3.27. The average molecular weight is 350 g/mol. The number of hydrogen-bond donors (Lipinski definition) is 2. The molecule has 0 aliphatic heterocycles. The molecule has 3 heterocycles. The van der Waals surface area contributed by atoms with Crippen molar-refractivity contribution in [2.24, 2.45) is 0 Å². The number of nitrogens with one attached hydrogen (secondary N) is 2. The van der Waals surface area contributed by atoms with Gasteiger partial charge in [0.1, 0.15) is 12.2 Å². The summed E-state index contributed by atoms with van der Waals surface area (Å²) >= 11 is 1.53. The lowest BCUT2D eigenvalue weighted by Gasteiger charge is -2.08. The van der Waals surface area contributed by atoms with Crippen LogP contribution in [0.15, 0.2) is 64.9 Å². The molecule has 1 amide bonds. The van der Waals surface area contributed by atoms with Gasteiger partial charge < -0.3 is 10.3 Å². The van der Waals surface area contributed by atoms with Gasteiger partial charge in [-0.1, -0.05) is 12.1 Å². The van der Waals surface area contributed by atoms with Gasteiger partial charge in [0, 0.05) is 23.5 Å². The van der Waals surface area contributed by atoms with Crippen LogP contribution in [-0.4, -0.2) is 20.7 Å². The van der Waals surface area contributed by atoms with Crippen molar-refractivity contribution in [3.05, 3.63) is 70.5 Å². The van der Waals surface area contributed by atoms with Gasteiger partial charge in [-0.3, -0.25) is 9.59 Å². The van der Waals surface area contributed by atoms with Crippen LogP contribution in [0.4, 0.5) is 5.69 Å². The SMILES string of the molecule is O=C(Cn1nc(-c2cccs2)ccc1=O)Nc1ccc2cc[nH]c2c1. The van der Waals surface area contributed by atoms with Crippen LogP contribution >= 0.6 is 11.3 Å². The molecule has 0 saturated heterocycles. The number of nitrogens with zero attached hydrogens (tertiary/aromatic N) is 2. The minimum atomic E-state index is -0.310. The Morgan fingerprint density at radius 2 is 2.12 bits per heavy atom. The summed E-state index contributed by atoms with van der Waals surface area (Å²) < 4.78 is 1.18. The van der Waals surface area contributed by atoms with Crippen LogP contribution in [-0.2, 0) is 11.3 Å². The maximum absolute atomic E-state index is 12.3. The predicted octanol–water partition coefficient (Wildman–Crippen LogP) is 3.09. The first kappa shape index (κ1) is 15.3. The number of thiophene rings is 1. The van der Waals surface area contributed by atoms with E-state index in [4.69, 9.17) is 0 Å². The van der Waals surface area contributed by atoms with Gasteiger partial charge in [0.15, 0.2) is 0 Å². The molecular formula is C18H14N4O2S. The van der Waals surface area contributed by atoms with E-state index in [-0.39, 0.29) is 18.0 Å². The van der Waals surface area contributed by atoms with Crippen LogP contribution in [0.5, 0.6) is 0 Å². The summed E-state index contributed by atoms with van der Waals surface area (Å²) in [7, 11) is 0. The first-order chi connectivity index (χ1) is 12.2. The Labute approximate surface area is 146 Å². The summed E-state index contributed by atoms with van der Waals surface area (Å²) in [4.78, 5) is 28.3. The minimum Gasteiger partial charge on any atom is -0.361 e. The van der Waals surface area contributed by atoms with Crippen LogP contribution in [0.2, 0.25) is 0 Å². The van der Waals surface area contributed by atoms with Crippen LogP contribution < -0.4 is 10.9 Å². The lowest BCUT2D eigenvalue weighted by atomic mass is 10.2. The fourth-order valence-electron chi connectivity index (χ4n) is 2.58. The lowest BCUT2D eigenvalue weighted by molar-refractivity contribution is -0.117. The van der Waals surface area contributed by atoms with Crippen LogP contribution in [0.1, 0.15) is 0 Å². The zero-order valence-corrected chi connectivity index (χ0v) is 13.9. The van der Waals surface area contributed by atoms with E-state index in [0.717, 1.165) is 15.8 Å². The van der Waals surface area contributed by atoms with Gasteiger partial charge in [0.05, 0.1) is 4.88 Å². The molecule has 0 aliphatic rings. The molecule has 3 aromatic heterocycles. The summed E-state index contributed by atoms with van der Waals surface area (Å²) in [6, 6.07) is 14.5. The van der Waals surface area contributed by atoms with E-state index < -0.39 is 0 Å². The third kappa shape index (κ3) is 3.22. The monoisotopic (exact) mass is 350 g/mol. The van der Waals surface area contributed by atoms with E-state index >= 15 is 0 Å². The van der Waals surface area contributed by atoms with Gasteiger partial charge in [0.2, 0.25) is 5.91 Å². The summed E-state index contributed by atoms with van der Waals surface area (Å²) in [6.45, 7) is -0.138. The van der Waals surface area contributed by atoms with Gasteiger partial charge >= 0.3 is 0 Å². The fraction of sp³-hybridized carbons (Fsp3) is 0.0556. The topological polar surface area (TPSA) is 79.8 Å². The summed E-state index contributed by atoms with van der Waals surface area (Å²) in [5.41, 5.74) is 1.97. The lowest BCUT2D eigenvalue weighted by Crippen LogP contribution is -2.29. The highest BCUT2D eigenvalue weighted by Crippen LogP contribution is 2.21. The number of aromatic amines is 1. The maximum atomic E-state index is 12.3. The molecule has 0 radical (unpaired) electrons. The molecule has 7 heteroatoms. The molecule has 6 nitrogen and oxygen atoms in total. The molecule has 0 atom stereocenters. The van der Waals surface area contributed by atoms with E-state index in [1.165, 1.54) is 22.1 Å². The number of aromatic nitrogens is 3. The molecule has 2 N–H and O–H groups in total. The van der Waals surface area contributed by atoms with Gasteiger partial charge in [-0.2, -0.15) is 5.10 Å². The van der Waals surface area contributed by atoms with Crippen molar-refractivity contribution < 1.29 is 4.79 Å². The zero-order valence-electron chi connectivity index (χ0n) is 13.1. The second-order valence-electron chi connectivity index (χ2n) is 5.52. The Hall–Kier alpha value is -3.19. The number of anilines is 1. The highest BCUT2D eigenvalue weighted by Gasteiger charge is 2.09. The third-order valence-electron chi connectivity index (χ3n) is 3.77. The van der Waals surface area contributed by atoms with Crippen LogP contribution in [0, 0.1) is 0 Å².